The van der Waals surface area contributed by atoms with Crippen LogP contribution < -0.4 is 5.32 Å². The Bertz CT molecular complexity index is 158. The summed E-state index contributed by atoms with van der Waals surface area (Å²) in [6, 6.07) is 0. The molecule has 1 rings (SSSR count). The van der Waals surface area contributed by atoms with E-state index in [1.54, 1.807) is 0 Å². The standard InChI is InChI=1S/C11H19N/c1-2-3-9-12-10-8-11-6-4-5-7-11/h11-12H,4-10H2,1H3. The fourth-order valence-electron chi connectivity index (χ4n) is 1.84. The van der Waals surface area contributed by atoms with Gasteiger partial charge in [-0.15, -0.1) is 5.92 Å². The first-order valence-electron chi connectivity index (χ1n) is 5.04. The first-order chi connectivity index (χ1) is 5.93. The molecule has 0 amide bonds. The molecule has 1 fully saturated rings. The van der Waals surface area contributed by atoms with Gasteiger partial charge in [-0.25, -0.2) is 0 Å². The molecule has 0 unspecified atom stereocenters. The molecule has 1 saturated carbocycles. The Morgan fingerprint density at radius 2 is 2.08 bits per heavy atom. The van der Waals surface area contributed by atoms with Crippen LogP contribution in [-0.4, -0.2) is 13.1 Å². The van der Waals surface area contributed by atoms with Crippen LogP contribution in [0.15, 0.2) is 0 Å². The minimum absolute atomic E-state index is 0.864. The Morgan fingerprint density at radius 3 is 2.75 bits per heavy atom. The predicted octanol–water partition coefficient (Wildman–Crippen LogP) is 2.18. The molecule has 12 heavy (non-hydrogen) atoms. The summed E-state index contributed by atoms with van der Waals surface area (Å²) >= 11 is 0. The molecule has 1 heteroatoms. The summed E-state index contributed by atoms with van der Waals surface area (Å²) in [6.07, 6.45) is 7.19. The van der Waals surface area contributed by atoms with E-state index in [9.17, 15) is 0 Å². The van der Waals surface area contributed by atoms with Crippen molar-refractivity contribution >= 4 is 0 Å². The van der Waals surface area contributed by atoms with Crippen molar-refractivity contribution in [1.82, 2.24) is 5.32 Å². The van der Waals surface area contributed by atoms with Gasteiger partial charge < -0.3 is 5.32 Å². The first-order valence-corrected chi connectivity index (χ1v) is 5.04. The molecule has 0 atom stereocenters. The van der Waals surface area contributed by atoms with Crippen LogP contribution in [0.25, 0.3) is 0 Å². The minimum Gasteiger partial charge on any atom is -0.306 e. The molecule has 0 aromatic rings. The molecular weight excluding hydrogens is 146 g/mol. The van der Waals surface area contributed by atoms with Crippen molar-refractivity contribution in [3.8, 4) is 11.8 Å². The highest BCUT2D eigenvalue weighted by molar-refractivity contribution is 4.96. The average Bonchev–Trinajstić information content (AvgIpc) is 2.57. The van der Waals surface area contributed by atoms with Crippen LogP contribution in [0.1, 0.15) is 39.0 Å². The Labute approximate surface area is 75.9 Å². The first kappa shape index (κ1) is 9.61. The molecule has 68 valence electrons. The van der Waals surface area contributed by atoms with E-state index in [1.165, 1.54) is 32.1 Å². The lowest BCUT2D eigenvalue weighted by molar-refractivity contribution is 0.486. The zero-order valence-corrected chi connectivity index (χ0v) is 8.03. The molecular formula is C11H19N. The van der Waals surface area contributed by atoms with Crippen LogP contribution in [0.2, 0.25) is 0 Å². The van der Waals surface area contributed by atoms with E-state index in [0.717, 1.165) is 19.0 Å². The van der Waals surface area contributed by atoms with E-state index in [0.29, 0.717) is 0 Å². The molecule has 1 aliphatic rings. The quantitative estimate of drug-likeness (QED) is 0.497. The second kappa shape index (κ2) is 6.08. The largest absolute Gasteiger partial charge is 0.306 e. The third-order valence-electron chi connectivity index (χ3n) is 2.59. The molecule has 0 aliphatic heterocycles. The lowest BCUT2D eigenvalue weighted by Crippen LogP contribution is -2.17. The van der Waals surface area contributed by atoms with Gasteiger partial charge in [0.15, 0.2) is 0 Å². The van der Waals surface area contributed by atoms with Gasteiger partial charge in [-0.1, -0.05) is 31.6 Å². The Morgan fingerprint density at radius 1 is 1.33 bits per heavy atom. The zero-order chi connectivity index (χ0) is 8.65. The summed E-state index contributed by atoms with van der Waals surface area (Å²) in [5.74, 6) is 6.90. The lowest BCUT2D eigenvalue weighted by Gasteiger charge is -2.07. The van der Waals surface area contributed by atoms with Gasteiger partial charge in [-0.2, -0.15) is 0 Å². The van der Waals surface area contributed by atoms with E-state index in [1.807, 2.05) is 6.92 Å². The molecule has 1 N–H and O–H groups in total. The van der Waals surface area contributed by atoms with Gasteiger partial charge in [0, 0.05) is 0 Å². The maximum absolute atomic E-state index is 3.34. The maximum Gasteiger partial charge on any atom is 0.0576 e. The molecule has 0 radical (unpaired) electrons. The summed E-state index contributed by atoms with van der Waals surface area (Å²) in [5, 5.41) is 3.34. The molecule has 1 aliphatic carbocycles. The second-order valence-electron chi connectivity index (χ2n) is 3.54. The van der Waals surface area contributed by atoms with Crippen molar-refractivity contribution in [2.45, 2.75) is 39.0 Å². The summed E-state index contributed by atoms with van der Waals surface area (Å²) in [6.45, 7) is 3.90. The zero-order valence-electron chi connectivity index (χ0n) is 8.03. The van der Waals surface area contributed by atoms with Crippen LogP contribution >= 0.6 is 0 Å². The van der Waals surface area contributed by atoms with Crippen molar-refractivity contribution in [2.24, 2.45) is 5.92 Å². The van der Waals surface area contributed by atoms with Gasteiger partial charge in [0.2, 0.25) is 0 Å². The fraction of sp³-hybridized carbons (Fsp3) is 0.818. The number of hydrogen-bond donors (Lipinski definition) is 1. The monoisotopic (exact) mass is 165 g/mol. The molecule has 1 nitrogen and oxygen atoms in total. The molecule has 0 bridgehead atoms. The summed E-state index contributed by atoms with van der Waals surface area (Å²) in [4.78, 5) is 0. The van der Waals surface area contributed by atoms with E-state index >= 15 is 0 Å². The summed E-state index contributed by atoms with van der Waals surface area (Å²) in [5.41, 5.74) is 0. The van der Waals surface area contributed by atoms with Crippen LogP contribution in [0, 0.1) is 17.8 Å². The molecule has 0 spiro atoms. The van der Waals surface area contributed by atoms with Gasteiger partial charge in [0.1, 0.15) is 0 Å². The van der Waals surface area contributed by atoms with Crippen molar-refractivity contribution in [2.75, 3.05) is 13.1 Å². The molecule has 0 aromatic heterocycles. The van der Waals surface area contributed by atoms with Gasteiger partial charge in [-0.05, 0) is 25.8 Å². The smallest absolute Gasteiger partial charge is 0.0576 e. The van der Waals surface area contributed by atoms with E-state index in [2.05, 4.69) is 17.2 Å². The fourth-order valence-corrected chi connectivity index (χ4v) is 1.84. The van der Waals surface area contributed by atoms with Crippen LogP contribution in [0.5, 0.6) is 0 Å². The SMILES string of the molecule is CC#CCNCCC1CCCC1. The predicted molar refractivity (Wildman–Crippen MR) is 52.9 cm³/mol. The summed E-state index contributed by atoms with van der Waals surface area (Å²) in [7, 11) is 0. The average molecular weight is 165 g/mol. The number of nitrogens with one attached hydrogen (secondary N) is 1. The number of hydrogen-bond acceptors (Lipinski definition) is 1. The third-order valence-corrected chi connectivity index (χ3v) is 2.59. The third kappa shape index (κ3) is 3.78. The topological polar surface area (TPSA) is 12.0 Å². The van der Waals surface area contributed by atoms with Crippen LogP contribution in [0.4, 0.5) is 0 Å². The van der Waals surface area contributed by atoms with E-state index in [-0.39, 0.29) is 0 Å². The second-order valence-corrected chi connectivity index (χ2v) is 3.54. The maximum atomic E-state index is 3.34. The molecule has 0 heterocycles. The highest BCUT2D eigenvalue weighted by atomic mass is 14.8. The Hall–Kier alpha value is -0.480. The van der Waals surface area contributed by atoms with E-state index < -0.39 is 0 Å². The van der Waals surface area contributed by atoms with Crippen LogP contribution in [-0.2, 0) is 0 Å². The Kier molecular flexibility index (Phi) is 4.87. The summed E-state index contributed by atoms with van der Waals surface area (Å²) < 4.78 is 0. The molecule has 0 aromatic carbocycles. The van der Waals surface area contributed by atoms with Crippen molar-refractivity contribution in [3.05, 3.63) is 0 Å². The highest BCUT2D eigenvalue weighted by Crippen LogP contribution is 2.26. The van der Waals surface area contributed by atoms with Crippen LogP contribution in [0.3, 0.4) is 0 Å². The van der Waals surface area contributed by atoms with E-state index in [4.69, 9.17) is 0 Å². The Balaban J connectivity index is 1.90. The van der Waals surface area contributed by atoms with Crippen molar-refractivity contribution < 1.29 is 0 Å². The normalized spacial score (nSPS) is 17.4. The van der Waals surface area contributed by atoms with Gasteiger partial charge >= 0.3 is 0 Å². The highest BCUT2D eigenvalue weighted by Gasteiger charge is 2.13. The minimum atomic E-state index is 0.864. The van der Waals surface area contributed by atoms with Gasteiger partial charge in [-0.3, -0.25) is 0 Å². The van der Waals surface area contributed by atoms with Crippen molar-refractivity contribution in [1.29, 1.82) is 0 Å². The molecule has 0 saturated heterocycles. The lowest BCUT2D eigenvalue weighted by atomic mass is 10.0. The van der Waals surface area contributed by atoms with Gasteiger partial charge in [0.25, 0.3) is 0 Å². The van der Waals surface area contributed by atoms with Gasteiger partial charge in [0.05, 0.1) is 6.54 Å². The number of rotatable bonds is 4. The van der Waals surface area contributed by atoms with Crippen molar-refractivity contribution in [3.63, 3.8) is 0 Å².